The van der Waals surface area contributed by atoms with Crippen LogP contribution >= 0.6 is 0 Å². The molecule has 0 radical (unpaired) electrons. The Morgan fingerprint density at radius 3 is 2.64 bits per heavy atom. The van der Waals surface area contributed by atoms with Crippen molar-refractivity contribution in [2.75, 3.05) is 43.4 Å². The minimum absolute atomic E-state index is 0.000378. The number of alkyl halides is 2. The summed E-state index contributed by atoms with van der Waals surface area (Å²) in [5, 5.41) is 8.61. The lowest BCUT2D eigenvalue weighted by atomic mass is 9.94. The SMILES string of the molecule is Nc1c(-c2ccc(F)c3[nH]ncc23)c2cc(N3CCN(CC(F)F)CC3)c3cccnc3c2[nH]c1=O. The molecule has 1 saturated heterocycles. The standard InChI is InChI=1S/C25H22F3N7O/c26-17-4-3-13(16-11-31-33-22(16)17)20-15-10-18(35-8-6-34(7-9-35)12-19(27)28)14-2-1-5-30-23(14)24(15)32-25(36)21(20)29/h1-5,10-11,19H,6-9,12,29H2,(H,31,33)(H,32,36). The van der Waals surface area contributed by atoms with Crippen LogP contribution in [-0.4, -0.2) is 64.2 Å². The number of fused-ring (bicyclic) bond motifs is 4. The molecule has 1 fully saturated rings. The highest BCUT2D eigenvalue weighted by Gasteiger charge is 2.24. The number of nitrogen functional groups attached to an aromatic ring is 1. The van der Waals surface area contributed by atoms with E-state index in [4.69, 9.17) is 5.73 Å². The van der Waals surface area contributed by atoms with Crippen LogP contribution in [0.2, 0.25) is 0 Å². The summed E-state index contributed by atoms with van der Waals surface area (Å²) in [5.41, 5.74) is 9.07. The van der Waals surface area contributed by atoms with Gasteiger partial charge in [-0.25, -0.2) is 13.2 Å². The number of halogens is 3. The molecule has 8 nitrogen and oxygen atoms in total. The van der Waals surface area contributed by atoms with Crippen molar-refractivity contribution >= 4 is 44.1 Å². The number of nitrogens with zero attached hydrogens (tertiary/aromatic N) is 4. The molecule has 5 aromatic rings. The lowest BCUT2D eigenvalue weighted by Gasteiger charge is -2.36. The summed E-state index contributed by atoms with van der Waals surface area (Å²) in [5.74, 6) is -0.464. The summed E-state index contributed by atoms with van der Waals surface area (Å²) in [7, 11) is 0. The fourth-order valence-corrected chi connectivity index (χ4v) is 5.13. The van der Waals surface area contributed by atoms with Crippen LogP contribution in [0.25, 0.3) is 43.8 Å². The maximum Gasteiger partial charge on any atom is 0.272 e. The minimum Gasteiger partial charge on any atom is -0.394 e. The maximum atomic E-state index is 14.4. The molecule has 0 aliphatic carbocycles. The highest BCUT2D eigenvalue weighted by atomic mass is 19.3. The lowest BCUT2D eigenvalue weighted by Crippen LogP contribution is -2.47. The van der Waals surface area contributed by atoms with Gasteiger partial charge in [0.1, 0.15) is 17.0 Å². The third kappa shape index (κ3) is 3.54. The molecule has 0 amide bonds. The van der Waals surface area contributed by atoms with Gasteiger partial charge in [-0.05, 0) is 29.8 Å². The van der Waals surface area contributed by atoms with Gasteiger partial charge in [0.25, 0.3) is 12.0 Å². The number of rotatable bonds is 4. The number of nitrogens with two attached hydrogens (primary N) is 1. The number of anilines is 2. The number of benzene rings is 2. The van der Waals surface area contributed by atoms with Crippen LogP contribution in [0.3, 0.4) is 0 Å². The van der Waals surface area contributed by atoms with Gasteiger partial charge in [0.2, 0.25) is 0 Å². The Hall–Kier alpha value is -4.12. The van der Waals surface area contributed by atoms with Crippen molar-refractivity contribution in [3.63, 3.8) is 0 Å². The molecule has 6 rings (SSSR count). The van der Waals surface area contributed by atoms with Crippen LogP contribution in [0.15, 0.2) is 47.5 Å². The van der Waals surface area contributed by atoms with Crippen molar-refractivity contribution in [3.05, 3.63) is 58.9 Å². The van der Waals surface area contributed by atoms with Gasteiger partial charge >= 0.3 is 0 Å². The van der Waals surface area contributed by atoms with E-state index in [0.29, 0.717) is 59.1 Å². The summed E-state index contributed by atoms with van der Waals surface area (Å²) >= 11 is 0. The quantitative estimate of drug-likeness (QED) is 0.330. The van der Waals surface area contributed by atoms with Gasteiger partial charge in [-0.2, -0.15) is 5.10 Å². The van der Waals surface area contributed by atoms with E-state index in [0.717, 1.165) is 11.1 Å². The van der Waals surface area contributed by atoms with Gasteiger partial charge in [0.15, 0.2) is 0 Å². The van der Waals surface area contributed by atoms with Crippen molar-refractivity contribution < 1.29 is 13.2 Å². The second-order valence-corrected chi connectivity index (χ2v) is 8.89. The van der Waals surface area contributed by atoms with E-state index in [1.54, 1.807) is 17.2 Å². The molecule has 36 heavy (non-hydrogen) atoms. The van der Waals surface area contributed by atoms with Gasteiger partial charge in [-0.15, -0.1) is 0 Å². The number of H-pyrrole nitrogens is 2. The number of hydrogen-bond acceptors (Lipinski definition) is 6. The van der Waals surface area contributed by atoms with Crippen LogP contribution < -0.4 is 16.2 Å². The second kappa shape index (κ2) is 8.52. The van der Waals surface area contributed by atoms with Gasteiger partial charge in [0.05, 0.1) is 23.8 Å². The molecule has 0 bridgehead atoms. The highest BCUT2D eigenvalue weighted by Crippen LogP contribution is 2.40. The first-order chi connectivity index (χ1) is 17.4. The predicted octanol–water partition coefficient (Wildman–Crippen LogP) is 3.73. The largest absolute Gasteiger partial charge is 0.394 e. The van der Waals surface area contributed by atoms with Crippen LogP contribution in [0.1, 0.15) is 0 Å². The minimum atomic E-state index is -2.37. The predicted molar refractivity (Wildman–Crippen MR) is 134 cm³/mol. The molecule has 184 valence electrons. The summed E-state index contributed by atoms with van der Waals surface area (Å²) in [4.78, 5) is 24.3. The Morgan fingerprint density at radius 1 is 1.06 bits per heavy atom. The first-order valence-corrected chi connectivity index (χ1v) is 11.5. The maximum absolute atomic E-state index is 14.4. The number of aromatic nitrogens is 4. The molecule has 0 unspecified atom stereocenters. The topological polar surface area (TPSA) is 107 Å². The summed E-state index contributed by atoms with van der Waals surface area (Å²) < 4.78 is 40.1. The Morgan fingerprint density at radius 2 is 1.86 bits per heavy atom. The van der Waals surface area contributed by atoms with Gasteiger partial charge < -0.3 is 15.6 Å². The average molecular weight is 493 g/mol. The van der Waals surface area contributed by atoms with Crippen LogP contribution in [0.4, 0.5) is 24.5 Å². The normalized spacial score (nSPS) is 15.1. The van der Waals surface area contributed by atoms with E-state index >= 15 is 0 Å². The van der Waals surface area contributed by atoms with Crippen molar-refractivity contribution in [3.8, 4) is 11.1 Å². The van der Waals surface area contributed by atoms with Crippen molar-refractivity contribution in [2.24, 2.45) is 0 Å². The van der Waals surface area contributed by atoms with E-state index < -0.39 is 17.8 Å². The first kappa shape index (κ1) is 22.4. The lowest BCUT2D eigenvalue weighted by molar-refractivity contribution is 0.0854. The van der Waals surface area contributed by atoms with E-state index in [9.17, 15) is 18.0 Å². The van der Waals surface area contributed by atoms with Gasteiger partial charge in [-0.1, -0.05) is 6.07 Å². The first-order valence-electron chi connectivity index (χ1n) is 11.5. The number of pyridine rings is 2. The zero-order valence-corrected chi connectivity index (χ0v) is 19.1. The zero-order chi connectivity index (χ0) is 25.0. The molecule has 11 heteroatoms. The van der Waals surface area contributed by atoms with Gasteiger partial charge in [-0.3, -0.25) is 19.8 Å². The van der Waals surface area contributed by atoms with E-state index in [1.165, 1.54) is 12.3 Å². The Labute approximate surface area is 202 Å². The third-order valence-corrected chi connectivity index (χ3v) is 6.84. The fourth-order valence-electron chi connectivity index (χ4n) is 5.13. The highest BCUT2D eigenvalue weighted by molar-refractivity contribution is 6.17. The molecular weight excluding hydrogens is 471 g/mol. The Balaban J connectivity index is 1.60. The average Bonchev–Trinajstić information content (AvgIpc) is 3.37. The summed E-state index contributed by atoms with van der Waals surface area (Å²) in [6.07, 6.45) is 0.773. The molecule has 1 aliphatic heterocycles. The molecular formula is C25H22F3N7O. The van der Waals surface area contributed by atoms with Crippen LogP contribution in [0, 0.1) is 5.82 Å². The third-order valence-electron chi connectivity index (χ3n) is 6.84. The van der Waals surface area contributed by atoms with Crippen LogP contribution in [0.5, 0.6) is 0 Å². The molecule has 4 N–H and O–H groups in total. The second-order valence-electron chi connectivity index (χ2n) is 8.89. The zero-order valence-electron chi connectivity index (χ0n) is 19.1. The number of piperazine rings is 1. The van der Waals surface area contributed by atoms with Crippen molar-refractivity contribution in [2.45, 2.75) is 6.43 Å². The Kier molecular flexibility index (Phi) is 5.29. The van der Waals surface area contributed by atoms with Gasteiger partial charge in [0, 0.05) is 59.8 Å². The molecule has 0 spiro atoms. The molecule has 2 aromatic carbocycles. The molecule has 0 saturated carbocycles. The van der Waals surface area contributed by atoms with Crippen molar-refractivity contribution in [1.82, 2.24) is 25.1 Å². The number of hydrogen-bond donors (Lipinski definition) is 3. The molecule has 4 heterocycles. The van der Waals surface area contributed by atoms with Crippen LogP contribution in [-0.2, 0) is 0 Å². The molecule has 0 atom stereocenters. The van der Waals surface area contributed by atoms with Crippen molar-refractivity contribution in [1.29, 1.82) is 0 Å². The summed E-state index contributed by atoms with van der Waals surface area (Å²) in [6.45, 7) is 1.86. The summed E-state index contributed by atoms with van der Waals surface area (Å²) in [6, 6.07) is 8.58. The number of aromatic amines is 2. The number of nitrogens with one attached hydrogen (secondary N) is 2. The van der Waals surface area contributed by atoms with E-state index in [-0.39, 0.29) is 17.7 Å². The van der Waals surface area contributed by atoms with E-state index in [1.807, 2.05) is 18.2 Å². The fraction of sp³-hybridized carbons (Fsp3) is 0.240. The monoisotopic (exact) mass is 493 g/mol. The molecule has 1 aliphatic rings. The van der Waals surface area contributed by atoms with E-state index in [2.05, 4.69) is 25.1 Å². The molecule has 3 aromatic heterocycles. The smallest absolute Gasteiger partial charge is 0.272 e. The Bertz CT molecular complexity index is 1670.